The normalized spacial score (nSPS) is 14.4. The van der Waals surface area contributed by atoms with Crippen molar-refractivity contribution in [2.24, 2.45) is 0 Å². The van der Waals surface area contributed by atoms with E-state index in [1.807, 2.05) is 54.3 Å². The molecule has 1 aliphatic heterocycles. The van der Waals surface area contributed by atoms with E-state index in [1.54, 1.807) is 18.0 Å². The molecule has 0 unspecified atom stereocenters. The van der Waals surface area contributed by atoms with Gasteiger partial charge in [-0.3, -0.25) is 4.79 Å². The third-order valence-electron chi connectivity index (χ3n) is 4.10. The molecule has 2 aromatic rings. The quantitative estimate of drug-likeness (QED) is 0.744. The molecule has 0 N–H and O–H groups in total. The van der Waals surface area contributed by atoms with Crippen molar-refractivity contribution in [1.82, 2.24) is 9.88 Å². The van der Waals surface area contributed by atoms with Gasteiger partial charge in [0.2, 0.25) is 5.91 Å². The van der Waals surface area contributed by atoms with E-state index in [-0.39, 0.29) is 5.91 Å². The lowest BCUT2D eigenvalue weighted by molar-refractivity contribution is -0.128. The number of nitrogens with zero attached hydrogens (tertiary/aromatic N) is 3. The standard InChI is InChI=1S/C19H23N3O2S/c1-2-24-16-6-8-17(9-7-16)25-15-19(23)22-13-11-21(12-14-22)18-5-3-4-10-20-18/h3-10H,2,11-15H2,1H3. The van der Waals surface area contributed by atoms with Gasteiger partial charge in [0.25, 0.3) is 0 Å². The molecule has 1 aliphatic rings. The zero-order chi connectivity index (χ0) is 17.5. The van der Waals surface area contributed by atoms with Crippen molar-refractivity contribution >= 4 is 23.5 Å². The number of thioether (sulfide) groups is 1. The zero-order valence-electron chi connectivity index (χ0n) is 14.4. The summed E-state index contributed by atoms with van der Waals surface area (Å²) < 4.78 is 5.43. The van der Waals surface area contributed by atoms with Crippen LogP contribution < -0.4 is 9.64 Å². The molecule has 1 aromatic carbocycles. The van der Waals surface area contributed by atoms with Crippen molar-refractivity contribution in [2.45, 2.75) is 11.8 Å². The first-order chi connectivity index (χ1) is 12.3. The fraction of sp³-hybridized carbons (Fsp3) is 0.368. The van der Waals surface area contributed by atoms with Crippen LogP contribution in [0, 0.1) is 0 Å². The molecule has 5 nitrogen and oxygen atoms in total. The molecular weight excluding hydrogens is 334 g/mol. The lowest BCUT2D eigenvalue weighted by Crippen LogP contribution is -2.49. The summed E-state index contributed by atoms with van der Waals surface area (Å²) in [5.41, 5.74) is 0. The van der Waals surface area contributed by atoms with Crippen molar-refractivity contribution < 1.29 is 9.53 Å². The molecule has 1 amide bonds. The molecule has 3 rings (SSSR count). The van der Waals surface area contributed by atoms with Crippen LogP contribution in [0.2, 0.25) is 0 Å². The van der Waals surface area contributed by atoms with E-state index in [0.717, 1.165) is 42.6 Å². The maximum atomic E-state index is 12.4. The van der Waals surface area contributed by atoms with Gasteiger partial charge >= 0.3 is 0 Å². The average Bonchev–Trinajstić information content (AvgIpc) is 2.68. The van der Waals surface area contributed by atoms with Crippen LogP contribution in [0.3, 0.4) is 0 Å². The minimum absolute atomic E-state index is 0.194. The van der Waals surface area contributed by atoms with E-state index in [2.05, 4.69) is 9.88 Å². The first-order valence-electron chi connectivity index (χ1n) is 8.55. The first-order valence-corrected chi connectivity index (χ1v) is 9.54. The highest BCUT2D eigenvalue weighted by Gasteiger charge is 2.21. The van der Waals surface area contributed by atoms with E-state index in [1.165, 1.54) is 0 Å². The number of hydrogen-bond donors (Lipinski definition) is 0. The maximum absolute atomic E-state index is 12.4. The summed E-state index contributed by atoms with van der Waals surface area (Å²) in [6.07, 6.45) is 1.81. The molecule has 0 spiro atoms. The summed E-state index contributed by atoms with van der Waals surface area (Å²) in [5.74, 6) is 2.51. The van der Waals surface area contributed by atoms with Crippen LogP contribution in [0.1, 0.15) is 6.92 Å². The molecule has 0 aliphatic carbocycles. The highest BCUT2D eigenvalue weighted by molar-refractivity contribution is 8.00. The van der Waals surface area contributed by atoms with Crippen molar-refractivity contribution in [3.8, 4) is 5.75 Å². The summed E-state index contributed by atoms with van der Waals surface area (Å²) in [5, 5.41) is 0. The summed E-state index contributed by atoms with van der Waals surface area (Å²) in [7, 11) is 0. The van der Waals surface area contributed by atoms with Gasteiger partial charge in [-0.25, -0.2) is 4.98 Å². The Morgan fingerprint density at radius 1 is 1.12 bits per heavy atom. The van der Waals surface area contributed by atoms with E-state index >= 15 is 0 Å². The number of hydrogen-bond acceptors (Lipinski definition) is 5. The van der Waals surface area contributed by atoms with Crippen LogP contribution in [0.15, 0.2) is 53.6 Å². The minimum atomic E-state index is 0.194. The Morgan fingerprint density at radius 3 is 2.52 bits per heavy atom. The Labute approximate surface area is 153 Å². The molecule has 0 atom stereocenters. The number of carbonyl (C=O) groups excluding carboxylic acids is 1. The van der Waals surface area contributed by atoms with Crippen LogP contribution >= 0.6 is 11.8 Å². The van der Waals surface area contributed by atoms with Gasteiger partial charge in [0.1, 0.15) is 11.6 Å². The summed E-state index contributed by atoms with van der Waals surface area (Å²) in [4.78, 5) is 22.1. The highest BCUT2D eigenvalue weighted by Crippen LogP contribution is 2.22. The van der Waals surface area contributed by atoms with E-state index in [4.69, 9.17) is 4.74 Å². The topological polar surface area (TPSA) is 45.7 Å². The van der Waals surface area contributed by atoms with Crippen LogP contribution in [0.25, 0.3) is 0 Å². The summed E-state index contributed by atoms with van der Waals surface area (Å²) in [6.45, 7) is 5.79. The number of ether oxygens (including phenoxy) is 1. The molecule has 132 valence electrons. The van der Waals surface area contributed by atoms with Crippen molar-refractivity contribution in [3.05, 3.63) is 48.7 Å². The number of aromatic nitrogens is 1. The van der Waals surface area contributed by atoms with Gasteiger partial charge in [-0.15, -0.1) is 11.8 Å². The van der Waals surface area contributed by atoms with E-state index < -0.39 is 0 Å². The van der Waals surface area contributed by atoms with Crippen molar-refractivity contribution in [1.29, 1.82) is 0 Å². The van der Waals surface area contributed by atoms with Gasteiger partial charge < -0.3 is 14.5 Å². The van der Waals surface area contributed by atoms with Gasteiger partial charge in [-0.1, -0.05) is 6.07 Å². The molecule has 2 heterocycles. The molecule has 25 heavy (non-hydrogen) atoms. The third kappa shape index (κ3) is 4.89. The van der Waals surface area contributed by atoms with Crippen molar-refractivity contribution in [2.75, 3.05) is 43.4 Å². The molecule has 1 fully saturated rings. The van der Waals surface area contributed by atoms with Crippen molar-refractivity contribution in [3.63, 3.8) is 0 Å². The number of amides is 1. The van der Waals surface area contributed by atoms with Gasteiger partial charge in [-0.05, 0) is 43.3 Å². The zero-order valence-corrected chi connectivity index (χ0v) is 15.2. The molecular formula is C19H23N3O2S. The Kier molecular flexibility index (Phi) is 6.17. The van der Waals surface area contributed by atoms with Crippen LogP contribution in [-0.2, 0) is 4.79 Å². The SMILES string of the molecule is CCOc1ccc(SCC(=O)N2CCN(c3ccccn3)CC2)cc1. The predicted octanol–water partition coefficient (Wildman–Crippen LogP) is 2.92. The van der Waals surface area contributed by atoms with E-state index in [9.17, 15) is 4.79 Å². The fourth-order valence-corrected chi connectivity index (χ4v) is 3.56. The Bertz CT molecular complexity index is 671. The number of anilines is 1. The van der Waals surface area contributed by atoms with Gasteiger partial charge in [0, 0.05) is 37.3 Å². The van der Waals surface area contributed by atoms with Crippen LogP contribution in [-0.4, -0.2) is 54.3 Å². The maximum Gasteiger partial charge on any atom is 0.233 e. The number of rotatable bonds is 6. The Balaban J connectivity index is 1.45. The first kappa shape index (κ1) is 17.6. The van der Waals surface area contributed by atoms with Crippen LogP contribution in [0.5, 0.6) is 5.75 Å². The van der Waals surface area contributed by atoms with Gasteiger partial charge in [-0.2, -0.15) is 0 Å². The largest absolute Gasteiger partial charge is 0.494 e. The van der Waals surface area contributed by atoms with Crippen LogP contribution in [0.4, 0.5) is 5.82 Å². The Hall–Kier alpha value is -2.21. The smallest absolute Gasteiger partial charge is 0.233 e. The predicted molar refractivity (Wildman–Crippen MR) is 101 cm³/mol. The second-order valence-corrected chi connectivity index (χ2v) is 6.80. The molecule has 0 bridgehead atoms. The van der Waals surface area contributed by atoms with E-state index in [0.29, 0.717) is 12.4 Å². The lowest BCUT2D eigenvalue weighted by Gasteiger charge is -2.35. The minimum Gasteiger partial charge on any atom is -0.494 e. The highest BCUT2D eigenvalue weighted by atomic mass is 32.2. The number of benzene rings is 1. The second kappa shape index (κ2) is 8.76. The Morgan fingerprint density at radius 2 is 1.88 bits per heavy atom. The number of pyridine rings is 1. The molecule has 0 radical (unpaired) electrons. The van der Waals surface area contributed by atoms with Gasteiger partial charge in [0.05, 0.1) is 12.4 Å². The summed E-state index contributed by atoms with van der Waals surface area (Å²) >= 11 is 1.57. The number of piperazine rings is 1. The molecule has 1 saturated heterocycles. The number of carbonyl (C=O) groups is 1. The average molecular weight is 357 g/mol. The monoisotopic (exact) mass is 357 g/mol. The lowest BCUT2D eigenvalue weighted by atomic mass is 10.3. The molecule has 1 aromatic heterocycles. The summed E-state index contributed by atoms with van der Waals surface area (Å²) in [6, 6.07) is 13.8. The molecule has 6 heteroatoms. The fourth-order valence-electron chi connectivity index (χ4n) is 2.76. The third-order valence-corrected chi connectivity index (χ3v) is 5.10. The molecule has 0 saturated carbocycles. The van der Waals surface area contributed by atoms with Gasteiger partial charge in [0.15, 0.2) is 0 Å². The second-order valence-electron chi connectivity index (χ2n) is 5.75.